The van der Waals surface area contributed by atoms with Crippen molar-refractivity contribution in [1.82, 2.24) is 9.78 Å². The zero-order valence-corrected chi connectivity index (χ0v) is 10.2. The van der Waals surface area contributed by atoms with Crippen LogP contribution in [-0.4, -0.2) is 20.9 Å². The number of hydrogen-bond donors (Lipinski definition) is 1. The van der Waals surface area contributed by atoms with E-state index < -0.39 is 5.97 Å². The van der Waals surface area contributed by atoms with E-state index in [9.17, 15) is 4.79 Å². The number of hydrogen-bond acceptors (Lipinski definition) is 3. The molecular weight excluding hydrogens is 248 g/mol. The van der Waals surface area contributed by atoms with Gasteiger partial charge in [0.1, 0.15) is 0 Å². The minimum atomic E-state index is -0.990. The molecule has 2 heterocycles. The second-order valence-corrected chi connectivity index (χ2v) is 4.74. The fraction of sp³-hybridized carbons (Fsp3) is 0.0769. The molecule has 3 rings (SSSR count). The van der Waals surface area contributed by atoms with Crippen molar-refractivity contribution in [3.05, 3.63) is 52.3 Å². The third-order valence-electron chi connectivity index (χ3n) is 2.77. The predicted molar refractivity (Wildman–Crippen MR) is 70.1 cm³/mol. The van der Waals surface area contributed by atoms with Crippen molar-refractivity contribution in [3.63, 3.8) is 0 Å². The van der Waals surface area contributed by atoms with Gasteiger partial charge in [0.15, 0.2) is 5.69 Å². The van der Waals surface area contributed by atoms with Crippen molar-refractivity contribution in [1.29, 1.82) is 0 Å². The summed E-state index contributed by atoms with van der Waals surface area (Å²) in [4.78, 5) is 11.2. The smallest absolute Gasteiger partial charge is 0.357 e. The molecule has 0 bridgehead atoms. The van der Waals surface area contributed by atoms with Gasteiger partial charge in [0, 0.05) is 5.39 Å². The van der Waals surface area contributed by atoms with Crippen LogP contribution in [0.5, 0.6) is 0 Å². The Morgan fingerprint density at radius 3 is 2.89 bits per heavy atom. The minimum absolute atomic E-state index is 0.112. The maximum Gasteiger partial charge on any atom is 0.357 e. The molecule has 0 saturated heterocycles. The second-order valence-electron chi connectivity index (χ2n) is 3.96. The van der Waals surface area contributed by atoms with Gasteiger partial charge in [0.25, 0.3) is 0 Å². The second kappa shape index (κ2) is 4.27. The van der Waals surface area contributed by atoms with Gasteiger partial charge >= 0.3 is 5.97 Å². The first-order valence-corrected chi connectivity index (χ1v) is 6.40. The first-order chi connectivity index (χ1) is 8.75. The van der Waals surface area contributed by atoms with Crippen LogP contribution < -0.4 is 0 Å². The first kappa shape index (κ1) is 11.0. The highest BCUT2D eigenvalue weighted by molar-refractivity contribution is 7.07. The van der Waals surface area contributed by atoms with Gasteiger partial charge in [-0.3, -0.25) is 4.68 Å². The normalized spacial score (nSPS) is 10.9. The molecule has 4 nitrogen and oxygen atoms in total. The standard InChI is InChI=1S/C13H10N2O2S/c16-13(17)12-10-3-1-2-4-11(10)15(14-12)7-9-5-6-18-8-9/h1-6,8H,7H2,(H,16,17). The fourth-order valence-corrected chi connectivity index (χ4v) is 2.62. The Morgan fingerprint density at radius 2 is 2.17 bits per heavy atom. The molecule has 0 spiro atoms. The summed E-state index contributed by atoms with van der Waals surface area (Å²) in [7, 11) is 0. The lowest BCUT2D eigenvalue weighted by molar-refractivity contribution is 0.0691. The zero-order valence-electron chi connectivity index (χ0n) is 9.41. The number of fused-ring (bicyclic) bond motifs is 1. The Kier molecular flexibility index (Phi) is 2.60. The van der Waals surface area contributed by atoms with Crippen LogP contribution in [0.2, 0.25) is 0 Å². The summed E-state index contributed by atoms with van der Waals surface area (Å²) in [6.45, 7) is 0.595. The molecular formula is C13H10N2O2S. The molecule has 0 fully saturated rings. The maximum atomic E-state index is 11.2. The van der Waals surface area contributed by atoms with Gasteiger partial charge in [0.05, 0.1) is 12.1 Å². The Balaban J connectivity index is 2.14. The summed E-state index contributed by atoms with van der Waals surface area (Å²) in [5.41, 5.74) is 2.09. The monoisotopic (exact) mass is 258 g/mol. The van der Waals surface area contributed by atoms with Gasteiger partial charge < -0.3 is 5.11 Å². The number of carbonyl (C=O) groups is 1. The van der Waals surface area contributed by atoms with E-state index in [0.29, 0.717) is 11.9 Å². The largest absolute Gasteiger partial charge is 0.476 e. The molecule has 0 aliphatic rings. The number of aromatic carboxylic acids is 1. The molecule has 0 radical (unpaired) electrons. The Morgan fingerprint density at radius 1 is 1.33 bits per heavy atom. The van der Waals surface area contributed by atoms with Gasteiger partial charge in [0.2, 0.25) is 0 Å². The number of carboxylic acid groups (broad SMARTS) is 1. The molecule has 90 valence electrons. The lowest BCUT2D eigenvalue weighted by atomic mass is 10.2. The van der Waals surface area contributed by atoms with Crippen LogP contribution in [0.25, 0.3) is 10.9 Å². The average molecular weight is 258 g/mol. The van der Waals surface area contributed by atoms with Gasteiger partial charge in [-0.25, -0.2) is 4.79 Å². The molecule has 5 heteroatoms. The van der Waals surface area contributed by atoms with E-state index >= 15 is 0 Å². The van der Waals surface area contributed by atoms with Crippen LogP contribution in [0.3, 0.4) is 0 Å². The van der Waals surface area contributed by atoms with E-state index in [1.54, 1.807) is 22.1 Å². The quantitative estimate of drug-likeness (QED) is 0.786. The molecule has 0 atom stereocenters. The molecule has 0 saturated carbocycles. The van der Waals surface area contributed by atoms with E-state index in [2.05, 4.69) is 5.10 Å². The lowest BCUT2D eigenvalue weighted by Gasteiger charge is -2.00. The number of benzene rings is 1. The molecule has 3 aromatic rings. The van der Waals surface area contributed by atoms with Crippen molar-refractivity contribution >= 4 is 28.2 Å². The van der Waals surface area contributed by atoms with Crippen molar-refractivity contribution in [2.75, 3.05) is 0 Å². The third kappa shape index (κ3) is 1.78. The summed E-state index contributed by atoms with van der Waals surface area (Å²) in [6.07, 6.45) is 0. The van der Waals surface area contributed by atoms with Gasteiger partial charge in [-0.15, -0.1) is 0 Å². The van der Waals surface area contributed by atoms with Crippen molar-refractivity contribution in [3.8, 4) is 0 Å². The maximum absolute atomic E-state index is 11.2. The van der Waals surface area contributed by atoms with Gasteiger partial charge in [-0.1, -0.05) is 18.2 Å². The summed E-state index contributed by atoms with van der Waals surface area (Å²) in [5, 5.41) is 18.1. The van der Waals surface area contributed by atoms with Crippen molar-refractivity contribution < 1.29 is 9.90 Å². The Labute approximate surface area is 107 Å². The SMILES string of the molecule is O=C(O)c1nn(Cc2ccsc2)c2ccccc12. The molecule has 18 heavy (non-hydrogen) atoms. The van der Waals surface area contributed by atoms with E-state index in [1.165, 1.54) is 0 Å². The first-order valence-electron chi connectivity index (χ1n) is 5.45. The van der Waals surface area contributed by atoms with E-state index in [1.807, 2.05) is 35.0 Å². The molecule has 0 aliphatic carbocycles. The highest BCUT2D eigenvalue weighted by atomic mass is 32.1. The van der Waals surface area contributed by atoms with Crippen molar-refractivity contribution in [2.24, 2.45) is 0 Å². The average Bonchev–Trinajstić information content (AvgIpc) is 2.98. The van der Waals surface area contributed by atoms with Crippen LogP contribution in [0, 0.1) is 0 Å². The van der Waals surface area contributed by atoms with E-state index in [-0.39, 0.29) is 5.69 Å². The van der Waals surface area contributed by atoms with Gasteiger partial charge in [-0.2, -0.15) is 16.4 Å². The number of nitrogens with zero attached hydrogens (tertiary/aromatic N) is 2. The fourth-order valence-electron chi connectivity index (χ4n) is 1.96. The number of thiophene rings is 1. The molecule has 2 aromatic heterocycles. The molecule has 1 N–H and O–H groups in total. The molecule has 0 aliphatic heterocycles. The zero-order chi connectivity index (χ0) is 12.5. The van der Waals surface area contributed by atoms with Gasteiger partial charge in [-0.05, 0) is 28.5 Å². The highest BCUT2D eigenvalue weighted by Crippen LogP contribution is 2.20. The number of aromatic nitrogens is 2. The van der Waals surface area contributed by atoms with Crippen LogP contribution in [-0.2, 0) is 6.54 Å². The van der Waals surface area contributed by atoms with Crippen LogP contribution in [0.15, 0.2) is 41.1 Å². The summed E-state index contributed by atoms with van der Waals surface area (Å²) >= 11 is 1.62. The lowest BCUT2D eigenvalue weighted by Crippen LogP contribution is -2.03. The Bertz CT molecular complexity index is 701. The predicted octanol–water partition coefficient (Wildman–Crippen LogP) is 2.84. The summed E-state index contributed by atoms with van der Waals surface area (Å²) in [6, 6.07) is 9.41. The number of carboxylic acids is 1. The third-order valence-corrected chi connectivity index (χ3v) is 3.51. The van der Waals surface area contributed by atoms with E-state index in [0.717, 1.165) is 11.1 Å². The van der Waals surface area contributed by atoms with E-state index in [4.69, 9.17) is 5.11 Å². The summed E-state index contributed by atoms with van der Waals surface area (Å²) in [5.74, 6) is -0.990. The summed E-state index contributed by atoms with van der Waals surface area (Å²) < 4.78 is 1.74. The number of para-hydroxylation sites is 1. The molecule has 0 unspecified atom stereocenters. The molecule has 0 amide bonds. The molecule has 1 aromatic carbocycles. The van der Waals surface area contributed by atoms with Crippen LogP contribution in [0.1, 0.15) is 16.1 Å². The Hall–Kier alpha value is -2.14. The number of rotatable bonds is 3. The van der Waals surface area contributed by atoms with Crippen LogP contribution >= 0.6 is 11.3 Å². The topological polar surface area (TPSA) is 55.1 Å². The minimum Gasteiger partial charge on any atom is -0.476 e. The highest BCUT2D eigenvalue weighted by Gasteiger charge is 2.15. The van der Waals surface area contributed by atoms with Crippen molar-refractivity contribution in [2.45, 2.75) is 6.54 Å². The van der Waals surface area contributed by atoms with Crippen LogP contribution in [0.4, 0.5) is 0 Å².